The van der Waals surface area contributed by atoms with Crippen LogP contribution in [0.1, 0.15) is 39.2 Å². The van der Waals surface area contributed by atoms with E-state index in [4.69, 9.17) is 9.72 Å². The molecule has 6 rings (SSSR count). The van der Waals surface area contributed by atoms with Gasteiger partial charge < -0.3 is 19.9 Å². The van der Waals surface area contributed by atoms with Crippen molar-refractivity contribution in [2.75, 3.05) is 42.5 Å². The topological polar surface area (TPSA) is 83.7 Å². The third kappa shape index (κ3) is 5.05. The fourth-order valence-corrected chi connectivity index (χ4v) is 5.93. The Morgan fingerprint density at radius 1 is 1.00 bits per heavy atom. The molecule has 1 N–H and O–H groups in total. The minimum Gasteiger partial charge on any atom is -0.372 e. The van der Waals surface area contributed by atoms with Crippen LogP contribution in [0.3, 0.4) is 0 Å². The first-order chi connectivity index (χ1) is 19.2. The minimum atomic E-state index is -4.50. The maximum absolute atomic E-state index is 14.3. The number of morpholine rings is 1. The van der Waals surface area contributed by atoms with Gasteiger partial charge in [0.05, 0.1) is 29.7 Å². The van der Waals surface area contributed by atoms with Crippen LogP contribution < -0.4 is 15.1 Å². The van der Waals surface area contributed by atoms with E-state index < -0.39 is 11.7 Å². The van der Waals surface area contributed by atoms with Crippen LogP contribution in [0.2, 0.25) is 0 Å². The summed E-state index contributed by atoms with van der Waals surface area (Å²) in [6.07, 6.45) is -1.22. The summed E-state index contributed by atoms with van der Waals surface area (Å²) in [7, 11) is 0. The molecule has 0 bridgehead atoms. The van der Waals surface area contributed by atoms with Gasteiger partial charge in [-0.15, -0.1) is 10.2 Å². The van der Waals surface area contributed by atoms with Gasteiger partial charge >= 0.3 is 6.18 Å². The summed E-state index contributed by atoms with van der Waals surface area (Å²) in [5, 5.41) is 12.1. The number of hydrogen-bond acceptors (Lipinski definition) is 8. The van der Waals surface area contributed by atoms with Crippen molar-refractivity contribution in [2.24, 2.45) is 0 Å². The van der Waals surface area contributed by atoms with Gasteiger partial charge in [-0.25, -0.2) is 14.4 Å². The zero-order valence-corrected chi connectivity index (χ0v) is 22.8. The average Bonchev–Trinajstić information content (AvgIpc) is 3.37. The zero-order valence-electron chi connectivity index (χ0n) is 22.8. The van der Waals surface area contributed by atoms with E-state index in [1.54, 1.807) is 30.5 Å². The molecule has 0 spiro atoms. The van der Waals surface area contributed by atoms with Crippen LogP contribution in [0, 0.1) is 0 Å². The predicted octanol–water partition coefficient (Wildman–Crippen LogP) is 4.55. The Bertz CT molecular complexity index is 1500. The number of nitrogens with zero attached hydrogens (tertiary/aromatic N) is 7. The van der Waals surface area contributed by atoms with Gasteiger partial charge in [-0.1, -0.05) is 13.0 Å². The molecule has 1 aromatic carbocycles. The molecule has 2 aliphatic heterocycles. The fourth-order valence-electron chi connectivity index (χ4n) is 5.93. The third-order valence-corrected chi connectivity index (χ3v) is 7.69. The molecule has 0 radical (unpaired) electrons. The summed E-state index contributed by atoms with van der Waals surface area (Å²) in [6.45, 7) is 9.34. The Balaban J connectivity index is 1.39. The van der Waals surface area contributed by atoms with Gasteiger partial charge in [0.1, 0.15) is 5.52 Å². The molecule has 212 valence electrons. The smallest absolute Gasteiger partial charge is 0.372 e. The molecule has 9 nitrogen and oxygen atoms in total. The van der Waals surface area contributed by atoms with Crippen LogP contribution in [-0.4, -0.2) is 75.5 Å². The highest BCUT2D eigenvalue weighted by Gasteiger charge is 2.36. The van der Waals surface area contributed by atoms with Crippen molar-refractivity contribution >= 4 is 28.4 Å². The molecule has 40 heavy (non-hydrogen) atoms. The number of piperidine rings is 1. The van der Waals surface area contributed by atoms with Gasteiger partial charge in [0, 0.05) is 43.5 Å². The number of nitrogens with one attached hydrogen (secondary N) is 1. The van der Waals surface area contributed by atoms with Gasteiger partial charge in [0.15, 0.2) is 11.3 Å². The Labute approximate surface area is 230 Å². The molecule has 3 aromatic heterocycles. The predicted molar refractivity (Wildman–Crippen MR) is 148 cm³/mol. The summed E-state index contributed by atoms with van der Waals surface area (Å²) < 4.78 is 50.7. The highest BCUT2D eigenvalue weighted by Crippen LogP contribution is 2.40. The Morgan fingerprint density at radius 3 is 2.45 bits per heavy atom. The SMILES string of the molecule is CCNC1CCN(c2ccc(-c3ccc4ncc5nnc(N6C[C@@H](C)O[C@@H](C)C6)n5c4n3)cc2C(F)(F)F)CC1. The summed E-state index contributed by atoms with van der Waals surface area (Å²) in [5.41, 5.74) is 1.99. The van der Waals surface area contributed by atoms with E-state index in [1.807, 2.05) is 30.1 Å². The van der Waals surface area contributed by atoms with Crippen LogP contribution >= 0.6 is 0 Å². The van der Waals surface area contributed by atoms with Crippen LogP contribution in [0.4, 0.5) is 24.8 Å². The third-order valence-electron chi connectivity index (χ3n) is 7.69. The highest BCUT2D eigenvalue weighted by molar-refractivity contribution is 5.79. The van der Waals surface area contributed by atoms with E-state index in [0.29, 0.717) is 66.2 Å². The minimum absolute atomic E-state index is 0.0146. The second-order valence-corrected chi connectivity index (χ2v) is 10.7. The van der Waals surface area contributed by atoms with Gasteiger partial charge in [0.25, 0.3) is 0 Å². The number of rotatable bonds is 5. The monoisotopic (exact) mass is 554 g/mol. The molecular formula is C28H33F3N8O. The molecular weight excluding hydrogens is 521 g/mol. The maximum atomic E-state index is 14.3. The van der Waals surface area contributed by atoms with E-state index in [-0.39, 0.29) is 17.9 Å². The molecule has 2 aliphatic rings. The fraction of sp³-hybridized carbons (Fsp3) is 0.500. The molecule has 4 aromatic rings. The zero-order chi connectivity index (χ0) is 28.0. The quantitative estimate of drug-likeness (QED) is 0.385. The number of halogens is 3. The standard InChI is InChI=1S/C28H33F3N8O/c1-4-32-20-9-11-37(12-10-20)24-8-5-19(13-21(24)28(29,30)31)22-6-7-23-26(34-22)39-25(14-33-23)35-36-27(39)38-15-17(2)40-18(3)16-38/h5-8,13-14,17-18,20,32H,4,9-12,15-16H2,1-3H3/t17-,18+. The van der Waals surface area contributed by atoms with Crippen molar-refractivity contribution in [3.8, 4) is 11.3 Å². The molecule has 2 fully saturated rings. The lowest BCUT2D eigenvalue weighted by molar-refractivity contribution is -0.137. The Hall–Kier alpha value is -3.51. The number of fused-ring (bicyclic) bond motifs is 3. The largest absolute Gasteiger partial charge is 0.418 e. The van der Waals surface area contributed by atoms with E-state index in [0.717, 1.165) is 19.4 Å². The lowest BCUT2D eigenvalue weighted by Gasteiger charge is -2.35. The summed E-state index contributed by atoms with van der Waals surface area (Å²) in [5.74, 6) is 0.612. The number of hydrogen-bond donors (Lipinski definition) is 1. The van der Waals surface area contributed by atoms with E-state index in [2.05, 4.69) is 25.4 Å². The van der Waals surface area contributed by atoms with Crippen molar-refractivity contribution in [3.05, 3.63) is 42.1 Å². The lowest BCUT2D eigenvalue weighted by atomic mass is 10.0. The summed E-state index contributed by atoms with van der Waals surface area (Å²) in [4.78, 5) is 13.2. The average molecular weight is 555 g/mol. The number of pyridine rings is 1. The first-order valence-electron chi connectivity index (χ1n) is 13.8. The van der Waals surface area contributed by atoms with E-state index in [1.165, 1.54) is 6.07 Å². The molecule has 0 unspecified atom stereocenters. The normalized spacial score (nSPS) is 21.1. The number of benzene rings is 1. The van der Waals surface area contributed by atoms with Crippen molar-refractivity contribution in [3.63, 3.8) is 0 Å². The van der Waals surface area contributed by atoms with Crippen LogP contribution in [0.15, 0.2) is 36.5 Å². The number of ether oxygens (including phenoxy) is 1. The summed E-state index contributed by atoms with van der Waals surface area (Å²) in [6, 6.07) is 8.34. The van der Waals surface area contributed by atoms with Crippen LogP contribution in [0.5, 0.6) is 0 Å². The molecule has 12 heteroatoms. The van der Waals surface area contributed by atoms with Crippen molar-refractivity contribution in [1.29, 1.82) is 0 Å². The molecule has 0 saturated carbocycles. The highest BCUT2D eigenvalue weighted by atomic mass is 19.4. The first-order valence-corrected chi connectivity index (χ1v) is 13.8. The second kappa shape index (κ2) is 10.5. The van der Waals surface area contributed by atoms with Gasteiger partial charge in [-0.3, -0.25) is 0 Å². The number of aromatic nitrogens is 5. The Morgan fingerprint density at radius 2 is 1.75 bits per heavy atom. The maximum Gasteiger partial charge on any atom is 0.418 e. The molecule has 2 saturated heterocycles. The van der Waals surface area contributed by atoms with Crippen LogP contribution in [-0.2, 0) is 10.9 Å². The second-order valence-electron chi connectivity index (χ2n) is 10.7. The van der Waals surface area contributed by atoms with Gasteiger partial charge in [-0.2, -0.15) is 13.2 Å². The molecule has 0 aliphatic carbocycles. The molecule has 2 atom stereocenters. The summed E-state index contributed by atoms with van der Waals surface area (Å²) >= 11 is 0. The lowest BCUT2D eigenvalue weighted by Crippen LogP contribution is -2.46. The van der Waals surface area contributed by atoms with Crippen molar-refractivity contribution in [1.82, 2.24) is 29.9 Å². The van der Waals surface area contributed by atoms with E-state index in [9.17, 15) is 13.2 Å². The van der Waals surface area contributed by atoms with E-state index >= 15 is 0 Å². The van der Waals surface area contributed by atoms with Crippen molar-refractivity contribution in [2.45, 2.75) is 58.0 Å². The number of alkyl halides is 3. The number of anilines is 2. The van der Waals surface area contributed by atoms with Gasteiger partial charge in [0.2, 0.25) is 5.95 Å². The van der Waals surface area contributed by atoms with Crippen LogP contribution in [0.25, 0.3) is 28.1 Å². The first kappa shape index (κ1) is 26.7. The Kier molecular flexibility index (Phi) is 6.99. The molecule has 5 heterocycles. The van der Waals surface area contributed by atoms with Crippen molar-refractivity contribution < 1.29 is 17.9 Å². The van der Waals surface area contributed by atoms with Gasteiger partial charge in [-0.05, 0) is 57.5 Å². The molecule has 0 amide bonds.